The molecule has 1 aromatic carbocycles. The van der Waals surface area contributed by atoms with E-state index in [1.807, 2.05) is 30.3 Å². The Morgan fingerprint density at radius 2 is 1.75 bits per heavy atom. The van der Waals surface area contributed by atoms with E-state index in [0.29, 0.717) is 12.0 Å². The molecule has 1 aromatic rings. The summed E-state index contributed by atoms with van der Waals surface area (Å²) in [5.41, 5.74) is 1.12. The molecule has 0 unspecified atom stereocenters. The highest BCUT2D eigenvalue weighted by molar-refractivity contribution is 5.81. The molecule has 2 amide bonds. The summed E-state index contributed by atoms with van der Waals surface area (Å²) in [6, 6.07) is 10.4. The van der Waals surface area contributed by atoms with Gasteiger partial charge in [-0.05, 0) is 37.8 Å². The molecule has 1 atom stereocenters. The maximum absolute atomic E-state index is 12.4. The van der Waals surface area contributed by atoms with Gasteiger partial charge in [-0.15, -0.1) is 0 Å². The molecule has 0 heterocycles. The van der Waals surface area contributed by atoms with E-state index in [0.717, 1.165) is 24.8 Å². The molecule has 2 N–H and O–H groups in total. The van der Waals surface area contributed by atoms with Gasteiger partial charge in [0.15, 0.2) is 0 Å². The number of nitrogens with zero attached hydrogens (tertiary/aromatic N) is 1. The van der Waals surface area contributed by atoms with Gasteiger partial charge in [0.05, 0.1) is 19.1 Å². The average molecular weight is 331 g/mol. The van der Waals surface area contributed by atoms with E-state index < -0.39 is 0 Å². The zero-order valence-corrected chi connectivity index (χ0v) is 14.9. The smallest absolute Gasteiger partial charge is 0.234 e. The second-order valence-electron chi connectivity index (χ2n) is 7.17. The molecule has 0 aromatic heterocycles. The highest BCUT2D eigenvalue weighted by Gasteiger charge is 2.24. The third kappa shape index (κ3) is 6.71. The van der Waals surface area contributed by atoms with E-state index in [-0.39, 0.29) is 30.9 Å². The molecule has 0 saturated heterocycles. The molecule has 0 bridgehead atoms. The van der Waals surface area contributed by atoms with Crippen LogP contribution in [0.2, 0.25) is 0 Å². The van der Waals surface area contributed by atoms with E-state index in [2.05, 4.69) is 24.5 Å². The van der Waals surface area contributed by atoms with Gasteiger partial charge in [-0.25, -0.2) is 0 Å². The largest absolute Gasteiger partial charge is 0.352 e. The van der Waals surface area contributed by atoms with E-state index >= 15 is 0 Å². The number of carbonyl (C=O) groups is 2. The predicted octanol–water partition coefficient (Wildman–Crippen LogP) is 2.10. The molecule has 1 fully saturated rings. The maximum Gasteiger partial charge on any atom is 0.234 e. The van der Waals surface area contributed by atoms with Gasteiger partial charge < -0.3 is 10.6 Å². The molecule has 0 radical (unpaired) electrons. The van der Waals surface area contributed by atoms with Crippen molar-refractivity contribution in [3.63, 3.8) is 0 Å². The van der Waals surface area contributed by atoms with Crippen LogP contribution in [0.3, 0.4) is 0 Å². The normalized spacial score (nSPS) is 15.4. The monoisotopic (exact) mass is 331 g/mol. The molecule has 5 heteroatoms. The van der Waals surface area contributed by atoms with Gasteiger partial charge in [-0.2, -0.15) is 0 Å². The van der Waals surface area contributed by atoms with Crippen molar-refractivity contribution in [2.45, 2.75) is 45.2 Å². The molecule has 2 rings (SSSR count). The van der Waals surface area contributed by atoms with Crippen molar-refractivity contribution < 1.29 is 9.59 Å². The van der Waals surface area contributed by atoms with Crippen LogP contribution in [-0.2, 0) is 9.59 Å². The summed E-state index contributed by atoms with van der Waals surface area (Å²) < 4.78 is 0. The number of amides is 2. The van der Waals surface area contributed by atoms with Crippen molar-refractivity contribution in [3.05, 3.63) is 35.9 Å². The third-order valence-corrected chi connectivity index (χ3v) is 4.01. The first-order valence-corrected chi connectivity index (χ1v) is 8.76. The molecular formula is C19H29N3O2. The number of hydrogen-bond acceptors (Lipinski definition) is 3. The maximum atomic E-state index is 12.4. The lowest BCUT2D eigenvalue weighted by Crippen LogP contribution is -2.42. The van der Waals surface area contributed by atoms with Gasteiger partial charge in [-0.1, -0.05) is 44.2 Å². The fourth-order valence-corrected chi connectivity index (χ4v) is 2.72. The van der Waals surface area contributed by atoms with Crippen LogP contribution in [0, 0.1) is 5.92 Å². The minimum absolute atomic E-state index is 0.00501. The number of nitrogens with one attached hydrogen (secondary N) is 2. The Labute approximate surface area is 144 Å². The first-order chi connectivity index (χ1) is 11.4. The fourth-order valence-electron chi connectivity index (χ4n) is 2.72. The Kier molecular flexibility index (Phi) is 6.79. The summed E-state index contributed by atoms with van der Waals surface area (Å²) in [5.74, 6) is 0.429. The van der Waals surface area contributed by atoms with Gasteiger partial charge in [0.2, 0.25) is 11.8 Å². The topological polar surface area (TPSA) is 61.4 Å². The Bertz CT molecular complexity index is 541. The first kappa shape index (κ1) is 18.5. The number of carbonyl (C=O) groups excluding carboxylic acids is 2. The summed E-state index contributed by atoms with van der Waals surface area (Å²) in [4.78, 5) is 25.9. The van der Waals surface area contributed by atoms with E-state index in [9.17, 15) is 9.59 Å². The van der Waals surface area contributed by atoms with Gasteiger partial charge in [0.25, 0.3) is 0 Å². The van der Waals surface area contributed by atoms with Crippen LogP contribution in [0.15, 0.2) is 30.3 Å². The first-order valence-electron chi connectivity index (χ1n) is 8.76. The third-order valence-electron chi connectivity index (χ3n) is 4.01. The Hall–Kier alpha value is -1.88. The lowest BCUT2D eigenvalue weighted by atomic mass is 9.97. The van der Waals surface area contributed by atoms with Crippen LogP contribution >= 0.6 is 0 Å². The van der Waals surface area contributed by atoms with Gasteiger partial charge >= 0.3 is 0 Å². The summed E-state index contributed by atoms with van der Waals surface area (Å²) in [6.45, 7) is 4.77. The zero-order chi connectivity index (χ0) is 17.5. The molecular weight excluding hydrogens is 302 g/mol. The number of hydrogen-bond donors (Lipinski definition) is 2. The van der Waals surface area contributed by atoms with Crippen molar-refractivity contribution in [2.75, 3.05) is 20.1 Å². The van der Waals surface area contributed by atoms with Crippen molar-refractivity contribution in [3.8, 4) is 0 Å². The molecule has 24 heavy (non-hydrogen) atoms. The molecule has 132 valence electrons. The minimum atomic E-state index is -0.0498. The van der Waals surface area contributed by atoms with Crippen LogP contribution in [0.4, 0.5) is 0 Å². The van der Waals surface area contributed by atoms with Crippen molar-refractivity contribution in [1.82, 2.24) is 15.5 Å². The van der Waals surface area contributed by atoms with Gasteiger partial charge in [0, 0.05) is 6.04 Å². The van der Waals surface area contributed by atoms with Gasteiger partial charge in [-0.3, -0.25) is 14.5 Å². The summed E-state index contributed by atoms with van der Waals surface area (Å²) in [7, 11) is 1.80. The number of likely N-dealkylation sites (N-methyl/N-ethyl adjacent to an activating group) is 1. The molecule has 5 nitrogen and oxygen atoms in total. The van der Waals surface area contributed by atoms with E-state index in [1.54, 1.807) is 11.9 Å². The van der Waals surface area contributed by atoms with Crippen molar-refractivity contribution in [1.29, 1.82) is 0 Å². The van der Waals surface area contributed by atoms with Gasteiger partial charge in [0.1, 0.15) is 0 Å². The summed E-state index contributed by atoms with van der Waals surface area (Å²) in [5, 5.41) is 6.05. The summed E-state index contributed by atoms with van der Waals surface area (Å²) in [6.07, 6.45) is 3.04. The average Bonchev–Trinajstić information content (AvgIpc) is 3.30. The quantitative estimate of drug-likeness (QED) is 0.728. The predicted molar refractivity (Wildman–Crippen MR) is 95.4 cm³/mol. The van der Waals surface area contributed by atoms with Crippen molar-refractivity contribution >= 4 is 11.8 Å². The molecule has 0 spiro atoms. The number of benzene rings is 1. The van der Waals surface area contributed by atoms with Crippen LogP contribution < -0.4 is 10.6 Å². The highest BCUT2D eigenvalue weighted by Crippen LogP contribution is 2.21. The molecule has 1 aliphatic carbocycles. The van der Waals surface area contributed by atoms with Crippen LogP contribution in [-0.4, -0.2) is 42.9 Å². The number of rotatable bonds is 9. The molecule has 1 saturated carbocycles. The zero-order valence-electron chi connectivity index (χ0n) is 14.9. The van der Waals surface area contributed by atoms with E-state index in [1.165, 1.54) is 0 Å². The summed E-state index contributed by atoms with van der Waals surface area (Å²) >= 11 is 0. The van der Waals surface area contributed by atoms with E-state index in [4.69, 9.17) is 0 Å². The second kappa shape index (κ2) is 8.83. The van der Waals surface area contributed by atoms with Crippen molar-refractivity contribution in [2.24, 2.45) is 5.92 Å². The molecule has 1 aliphatic rings. The van der Waals surface area contributed by atoms with Crippen LogP contribution in [0.5, 0.6) is 0 Å². The van der Waals surface area contributed by atoms with Crippen LogP contribution in [0.25, 0.3) is 0 Å². The SMILES string of the molecule is CC(C)C[C@H](NC(=O)CN(C)CC(=O)NC1CC1)c1ccccc1. The lowest BCUT2D eigenvalue weighted by Gasteiger charge is -2.23. The van der Waals surface area contributed by atoms with Crippen LogP contribution in [0.1, 0.15) is 44.7 Å². The Morgan fingerprint density at radius 1 is 1.12 bits per heavy atom. The fraction of sp³-hybridized carbons (Fsp3) is 0.579. The standard InChI is InChI=1S/C19H29N3O2/c1-14(2)11-17(15-7-5-4-6-8-15)21-19(24)13-22(3)12-18(23)20-16-9-10-16/h4-8,14,16-17H,9-13H2,1-3H3,(H,20,23)(H,21,24)/t17-/m0/s1. The second-order valence-corrected chi connectivity index (χ2v) is 7.17. The Morgan fingerprint density at radius 3 is 2.33 bits per heavy atom. The highest BCUT2D eigenvalue weighted by atomic mass is 16.2. The lowest BCUT2D eigenvalue weighted by molar-refractivity contribution is -0.125. The minimum Gasteiger partial charge on any atom is -0.352 e. The Balaban J connectivity index is 1.83. The molecule has 0 aliphatic heterocycles.